The highest BCUT2D eigenvalue weighted by atomic mass is 16.3. The number of rotatable bonds is 3. The molecule has 1 aromatic carbocycles. The smallest absolute Gasteiger partial charge is 0.0858 e. The summed E-state index contributed by atoms with van der Waals surface area (Å²) in [5.41, 5.74) is 8.07. The number of aliphatic hydroxyl groups excluding tert-OH is 1. The fourth-order valence-corrected chi connectivity index (χ4v) is 3.08. The van der Waals surface area contributed by atoms with Crippen molar-refractivity contribution in [3.63, 3.8) is 0 Å². The molecule has 0 saturated heterocycles. The summed E-state index contributed by atoms with van der Waals surface area (Å²) in [5.74, 6) is 0.679. The van der Waals surface area contributed by atoms with E-state index in [1.807, 2.05) is 12.1 Å². The van der Waals surface area contributed by atoms with E-state index in [1.165, 1.54) is 12.0 Å². The zero-order chi connectivity index (χ0) is 12.5. The van der Waals surface area contributed by atoms with Crippen molar-refractivity contribution in [2.45, 2.75) is 39.2 Å². The first-order valence-corrected chi connectivity index (χ1v) is 6.52. The molecule has 0 aromatic heterocycles. The van der Waals surface area contributed by atoms with E-state index in [1.54, 1.807) is 0 Å². The molecular weight excluding hydrogens is 210 g/mol. The molecule has 0 spiro atoms. The highest BCUT2D eigenvalue weighted by molar-refractivity contribution is 5.25. The molecule has 94 valence electrons. The van der Waals surface area contributed by atoms with Crippen LogP contribution in [-0.2, 0) is 0 Å². The fourth-order valence-electron chi connectivity index (χ4n) is 3.08. The summed E-state index contributed by atoms with van der Waals surface area (Å²) in [6, 6.07) is 8.17. The van der Waals surface area contributed by atoms with Gasteiger partial charge in [0.15, 0.2) is 0 Å². The lowest BCUT2D eigenvalue weighted by Crippen LogP contribution is -2.34. The van der Waals surface area contributed by atoms with Gasteiger partial charge in [-0.15, -0.1) is 0 Å². The molecule has 1 aliphatic rings. The zero-order valence-electron chi connectivity index (χ0n) is 10.8. The molecular formula is C15H23NO. The lowest BCUT2D eigenvalue weighted by molar-refractivity contribution is 0.0308. The summed E-state index contributed by atoms with van der Waals surface area (Å²) < 4.78 is 0. The Morgan fingerprint density at radius 1 is 1.41 bits per heavy atom. The molecule has 1 fully saturated rings. The first-order valence-electron chi connectivity index (χ1n) is 6.52. The van der Waals surface area contributed by atoms with Crippen molar-refractivity contribution in [2.24, 2.45) is 17.1 Å². The fraction of sp³-hybridized carbons (Fsp3) is 0.600. The van der Waals surface area contributed by atoms with E-state index in [-0.39, 0.29) is 5.41 Å². The second-order valence-corrected chi connectivity index (χ2v) is 5.73. The normalized spacial score (nSPS) is 30.5. The summed E-state index contributed by atoms with van der Waals surface area (Å²) in [5, 5.41) is 10.6. The summed E-state index contributed by atoms with van der Waals surface area (Å²) in [7, 11) is 0. The van der Waals surface area contributed by atoms with Crippen LogP contribution in [0.25, 0.3) is 0 Å². The molecule has 0 heterocycles. The Labute approximate surface area is 104 Å². The number of benzene rings is 1. The minimum Gasteiger partial charge on any atom is -0.388 e. The number of aryl methyl sites for hydroxylation is 1. The minimum atomic E-state index is -0.418. The summed E-state index contributed by atoms with van der Waals surface area (Å²) in [6.07, 6.45) is 2.84. The average Bonchev–Trinajstić information content (AvgIpc) is 2.72. The standard InChI is InChI=1S/C15H23NO/c1-11-3-5-13(6-4-11)14(17)15(10-16)8-7-12(2)9-15/h3-6,12,14,17H,7-10,16H2,1-2H3. The first kappa shape index (κ1) is 12.6. The second-order valence-electron chi connectivity index (χ2n) is 5.73. The average molecular weight is 233 g/mol. The van der Waals surface area contributed by atoms with Crippen LogP contribution in [0.5, 0.6) is 0 Å². The van der Waals surface area contributed by atoms with E-state index in [0.717, 1.165) is 18.4 Å². The van der Waals surface area contributed by atoms with Gasteiger partial charge in [0, 0.05) is 12.0 Å². The Morgan fingerprint density at radius 2 is 2.06 bits per heavy atom. The van der Waals surface area contributed by atoms with Crippen molar-refractivity contribution in [1.29, 1.82) is 0 Å². The number of hydrogen-bond acceptors (Lipinski definition) is 2. The van der Waals surface area contributed by atoms with Crippen molar-refractivity contribution >= 4 is 0 Å². The molecule has 0 aliphatic heterocycles. The molecule has 3 unspecified atom stereocenters. The van der Waals surface area contributed by atoms with E-state index >= 15 is 0 Å². The Kier molecular flexibility index (Phi) is 3.55. The van der Waals surface area contributed by atoms with Crippen molar-refractivity contribution in [2.75, 3.05) is 6.54 Å². The monoisotopic (exact) mass is 233 g/mol. The van der Waals surface area contributed by atoms with Gasteiger partial charge >= 0.3 is 0 Å². The number of nitrogens with two attached hydrogens (primary N) is 1. The zero-order valence-corrected chi connectivity index (χ0v) is 10.8. The van der Waals surface area contributed by atoms with Crippen LogP contribution in [0.4, 0.5) is 0 Å². The van der Waals surface area contributed by atoms with Crippen LogP contribution in [0.1, 0.15) is 43.4 Å². The van der Waals surface area contributed by atoms with Crippen molar-refractivity contribution < 1.29 is 5.11 Å². The van der Waals surface area contributed by atoms with E-state index in [2.05, 4.69) is 26.0 Å². The van der Waals surface area contributed by atoms with Crippen LogP contribution in [0.15, 0.2) is 24.3 Å². The molecule has 1 aromatic rings. The van der Waals surface area contributed by atoms with Crippen molar-refractivity contribution in [3.8, 4) is 0 Å². The summed E-state index contributed by atoms with van der Waals surface area (Å²) in [6.45, 7) is 4.89. The van der Waals surface area contributed by atoms with Gasteiger partial charge in [0.2, 0.25) is 0 Å². The Morgan fingerprint density at radius 3 is 2.53 bits per heavy atom. The Balaban J connectivity index is 2.23. The molecule has 0 bridgehead atoms. The predicted molar refractivity (Wildman–Crippen MR) is 70.6 cm³/mol. The highest BCUT2D eigenvalue weighted by Gasteiger charge is 2.42. The largest absolute Gasteiger partial charge is 0.388 e. The van der Waals surface area contributed by atoms with Gasteiger partial charge in [-0.25, -0.2) is 0 Å². The Bertz CT molecular complexity index is 373. The van der Waals surface area contributed by atoms with E-state index < -0.39 is 6.10 Å². The number of aliphatic hydroxyl groups is 1. The lowest BCUT2D eigenvalue weighted by Gasteiger charge is -2.33. The summed E-state index contributed by atoms with van der Waals surface area (Å²) in [4.78, 5) is 0. The van der Waals surface area contributed by atoms with E-state index in [4.69, 9.17) is 5.73 Å². The van der Waals surface area contributed by atoms with Crippen LogP contribution in [0.2, 0.25) is 0 Å². The molecule has 1 aliphatic carbocycles. The topological polar surface area (TPSA) is 46.2 Å². The molecule has 2 nitrogen and oxygen atoms in total. The van der Waals surface area contributed by atoms with Crippen LogP contribution in [0, 0.1) is 18.3 Å². The second kappa shape index (κ2) is 4.79. The third-order valence-corrected chi connectivity index (χ3v) is 4.27. The minimum absolute atomic E-state index is 0.103. The molecule has 2 rings (SSSR count). The quantitative estimate of drug-likeness (QED) is 0.843. The van der Waals surface area contributed by atoms with E-state index in [0.29, 0.717) is 12.5 Å². The maximum Gasteiger partial charge on any atom is 0.0858 e. The third kappa shape index (κ3) is 2.38. The predicted octanol–water partition coefficient (Wildman–Crippen LogP) is 2.79. The first-order chi connectivity index (χ1) is 8.07. The van der Waals surface area contributed by atoms with Gasteiger partial charge in [0.25, 0.3) is 0 Å². The molecule has 2 heteroatoms. The highest BCUT2D eigenvalue weighted by Crippen LogP contribution is 2.49. The van der Waals surface area contributed by atoms with Gasteiger partial charge in [-0.3, -0.25) is 0 Å². The maximum atomic E-state index is 10.6. The molecule has 3 atom stereocenters. The van der Waals surface area contributed by atoms with E-state index in [9.17, 15) is 5.11 Å². The van der Waals surface area contributed by atoms with Crippen molar-refractivity contribution in [1.82, 2.24) is 0 Å². The van der Waals surface area contributed by atoms with Crippen LogP contribution < -0.4 is 5.73 Å². The SMILES string of the molecule is Cc1ccc(C(O)C2(CN)CCC(C)C2)cc1. The maximum absolute atomic E-state index is 10.6. The number of hydrogen-bond donors (Lipinski definition) is 2. The molecule has 17 heavy (non-hydrogen) atoms. The molecule has 0 amide bonds. The molecule has 0 radical (unpaired) electrons. The van der Waals surface area contributed by atoms with Crippen LogP contribution in [0.3, 0.4) is 0 Å². The van der Waals surface area contributed by atoms with Crippen LogP contribution >= 0.6 is 0 Å². The van der Waals surface area contributed by atoms with Gasteiger partial charge in [-0.1, -0.05) is 43.2 Å². The van der Waals surface area contributed by atoms with Gasteiger partial charge in [0.1, 0.15) is 0 Å². The molecule has 3 N–H and O–H groups in total. The van der Waals surface area contributed by atoms with Crippen LogP contribution in [-0.4, -0.2) is 11.7 Å². The van der Waals surface area contributed by atoms with Crippen molar-refractivity contribution in [3.05, 3.63) is 35.4 Å². The van der Waals surface area contributed by atoms with Gasteiger partial charge in [-0.05, 0) is 31.2 Å². The lowest BCUT2D eigenvalue weighted by atomic mass is 9.76. The summed E-state index contributed by atoms with van der Waals surface area (Å²) >= 11 is 0. The Hall–Kier alpha value is -0.860. The van der Waals surface area contributed by atoms with Gasteiger partial charge in [-0.2, -0.15) is 0 Å². The molecule has 1 saturated carbocycles. The third-order valence-electron chi connectivity index (χ3n) is 4.27. The van der Waals surface area contributed by atoms with Gasteiger partial charge < -0.3 is 10.8 Å². The van der Waals surface area contributed by atoms with Gasteiger partial charge in [0.05, 0.1) is 6.10 Å².